The largest absolute Gasteiger partial charge is 0.504 e. The van der Waals surface area contributed by atoms with E-state index in [1.165, 1.54) is 31.5 Å². The van der Waals surface area contributed by atoms with Gasteiger partial charge in [-0.2, -0.15) is 18.4 Å². The Labute approximate surface area is 129 Å². The molecule has 0 fully saturated rings. The minimum atomic E-state index is -4.42. The predicted octanol–water partition coefficient (Wildman–Crippen LogP) is 3.22. The molecule has 1 aromatic carbocycles. The quantitative estimate of drug-likeness (QED) is 0.877. The average Bonchev–Trinajstić information content (AvgIpc) is 2.90. The third-order valence-corrected chi connectivity index (χ3v) is 2.94. The number of hydrogen-bond donors (Lipinski definition) is 1. The summed E-state index contributed by atoms with van der Waals surface area (Å²) in [6.45, 7) is -1.24. The summed E-state index contributed by atoms with van der Waals surface area (Å²) in [6.07, 6.45) is -0.736. The zero-order valence-corrected chi connectivity index (χ0v) is 12.0. The van der Waals surface area contributed by atoms with Crippen molar-refractivity contribution in [1.82, 2.24) is 9.55 Å². The number of alkyl halides is 3. The lowest BCUT2D eigenvalue weighted by Gasteiger charge is -2.10. The van der Waals surface area contributed by atoms with Gasteiger partial charge in [0, 0.05) is 12.4 Å². The SMILES string of the molecule is COc1ccc(C=C(C#N)c2nccn2CC(F)(F)F)cc1O. The van der Waals surface area contributed by atoms with Crippen LogP contribution in [-0.2, 0) is 6.54 Å². The van der Waals surface area contributed by atoms with Crippen LogP contribution in [-0.4, -0.2) is 27.9 Å². The highest BCUT2D eigenvalue weighted by atomic mass is 19.4. The third-order valence-electron chi connectivity index (χ3n) is 2.94. The molecule has 0 amide bonds. The van der Waals surface area contributed by atoms with E-state index >= 15 is 0 Å². The molecule has 2 rings (SSSR count). The van der Waals surface area contributed by atoms with Gasteiger partial charge in [-0.25, -0.2) is 4.98 Å². The molecule has 0 bridgehead atoms. The summed E-state index contributed by atoms with van der Waals surface area (Å²) in [6, 6.07) is 6.21. The Morgan fingerprint density at radius 2 is 2.22 bits per heavy atom. The predicted molar refractivity (Wildman–Crippen MR) is 76.4 cm³/mol. The van der Waals surface area contributed by atoms with Crippen molar-refractivity contribution in [2.75, 3.05) is 7.11 Å². The van der Waals surface area contributed by atoms with E-state index < -0.39 is 12.7 Å². The Morgan fingerprint density at radius 3 is 2.78 bits per heavy atom. The van der Waals surface area contributed by atoms with Gasteiger partial charge in [0.05, 0.1) is 12.7 Å². The van der Waals surface area contributed by atoms with Crippen molar-refractivity contribution >= 4 is 11.6 Å². The highest BCUT2D eigenvalue weighted by Gasteiger charge is 2.29. The Bertz CT molecular complexity index is 773. The first-order valence-corrected chi connectivity index (χ1v) is 6.41. The Hall–Kier alpha value is -2.95. The van der Waals surface area contributed by atoms with Gasteiger partial charge in [-0.15, -0.1) is 0 Å². The first-order chi connectivity index (χ1) is 10.8. The second-order valence-corrected chi connectivity index (χ2v) is 4.60. The maximum absolute atomic E-state index is 12.5. The molecule has 0 spiro atoms. The molecule has 0 aliphatic heterocycles. The molecule has 0 saturated carbocycles. The van der Waals surface area contributed by atoms with Gasteiger partial charge in [0.1, 0.15) is 12.6 Å². The van der Waals surface area contributed by atoms with Crippen LogP contribution in [0.25, 0.3) is 11.6 Å². The number of aromatic hydroxyl groups is 1. The number of imidazole rings is 1. The number of phenolic OH excluding ortho intramolecular Hbond substituents is 1. The molecular weight excluding hydrogens is 311 g/mol. The molecule has 120 valence electrons. The molecule has 23 heavy (non-hydrogen) atoms. The fourth-order valence-electron chi connectivity index (χ4n) is 1.98. The lowest BCUT2D eigenvalue weighted by molar-refractivity contribution is -0.140. The number of phenols is 1. The van der Waals surface area contributed by atoms with Gasteiger partial charge < -0.3 is 14.4 Å². The zero-order valence-electron chi connectivity index (χ0n) is 12.0. The molecule has 0 saturated heterocycles. The number of nitriles is 1. The second-order valence-electron chi connectivity index (χ2n) is 4.60. The highest BCUT2D eigenvalue weighted by molar-refractivity contribution is 5.87. The van der Waals surface area contributed by atoms with Crippen LogP contribution in [0.5, 0.6) is 11.5 Å². The van der Waals surface area contributed by atoms with Gasteiger partial charge in [-0.1, -0.05) is 6.07 Å². The second kappa shape index (κ2) is 6.44. The van der Waals surface area contributed by atoms with Crippen LogP contribution in [0.1, 0.15) is 11.4 Å². The summed E-state index contributed by atoms with van der Waals surface area (Å²) in [5.74, 6) is 0.0107. The number of hydrogen-bond acceptors (Lipinski definition) is 4. The summed E-state index contributed by atoms with van der Waals surface area (Å²) < 4.78 is 43.3. The van der Waals surface area contributed by atoms with Crippen LogP contribution in [0.3, 0.4) is 0 Å². The molecule has 0 aliphatic rings. The van der Waals surface area contributed by atoms with Gasteiger partial charge in [-0.3, -0.25) is 0 Å². The van der Waals surface area contributed by atoms with Crippen LogP contribution >= 0.6 is 0 Å². The molecule has 5 nitrogen and oxygen atoms in total. The summed E-state index contributed by atoms with van der Waals surface area (Å²) in [7, 11) is 1.39. The maximum atomic E-state index is 12.5. The van der Waals surface area contributed by atoms with Crippen molar-refractivity contribution in [3.05, 3.63) is 42.0 Å². The number of benzene rings is 1. The molecule has 1 N–H and O–H groups in total. The zero-order chi connectivity index (χ0) is 17.0. The number of rotatable bonds is 4. The first kappa shape index (κ1) is 16.4. The van der Waals surface area contributed by atoms with Gasteiger partial charge >= 0.3 is 6.18 Å². The number of nitrogens with zero attached hydrogens (tertiary/aromatic N) is 3. The van der Waals surface area contributed by atoms with Crippen molar-refractivity contribution in [1.29, 1.82) is 5.26 Å². The number of allylic oxidation sites excluding steroid dienone is 1. The summed E-state index contributed by atoms with van der Waals surface area (Å²) in [4.78, 5) is 3.81. The fourth-order valence-corrected chi connectivity index (χ4v) is 1.98. The highest BCUT2D eigenvalue weighted by Crippen LogP contribution is 2.28. The molecule has 0 aliphatic carbocycles. The Morgan fingerprint density at radius 1 is 1.48 bits per heavy atom. The van der Waals surface area contributed by atoms with Crippen LogP contribution in [0.15, 0.2) is 30.6 Å². The average molecular weight is 323 g/mol. The minimum absolute atomic E-state index is 0.0520. The monoisotopic (exact) mass is 323 g/mol. The van der Waals surface area contributed by atoms with Crippen molar-refractivity contribution in [3.8, 4) is 17.6 Å². The van der Waals surface area contributed by atoms with Crippen molar-refractivity contribution in [3.63, 3.8) is 0 Å². The van der Waals surface area contributed by atoms with E-state index in [1.807, 2.05) is 6.07 Å². The van der Waals surface area contributed by atoms with E-state index in [0.717, 1.165) is 10.8 Å². The lowest BCUT2D eigenvalue weighted by Crippen LogP contribution is -2.18. The van der Waals surface area contributed by atoms with E-state index in [9.17, 15) is 23.5 Å². The summed E-state index contributed by atoms with van der Waals surface area (Å²) in [5.41, 5.74) is 0.380. The third kappa shape index (κ3) is 4.03. The summed E-state index contributed by atoms with van der Waals surface area (Å²) >= 11 is 0. The van der Waals surface area contributed by atoms with E-state index in [0.29, 0.717) is 5.56 Å². The molecule has 2 aromatic rings. The van der Waals surface area contributed by atoms with Crippen LogP contribution in [0.4, 0.5) is 13.2 Å². The molecule has 0 radical (unpaired) electrons. The van der Waals surface area contributed by atoms with Crippen molar-refractivity contribution < 1.29 is 23.0 Å². The topological polar surface area (TPSA) is 71.1 Å². The van der Waals surface area contributed by atoms with Crippen LogP contribution < -0.4 is 4.74 Å². The normalized spacial score (nSPS) is 12.0. The van der Waals surface area contributed by atoms with Crippen molar-refractivity contribution in [2.45, 2.75) is 12.7 Å². The van der Waals surface area contributed by atoms with E-state index in [4.69, 9.17) is 4.74 Å². The van der Waals surface area contributed by atoms with Gasteiger partial charge in [0.25, 0.3) is 0 Å². The summed E-state index contributed by atoms with van der Waals surface area (Å²) in [5, 5.41) is 18.9. The Balaban J connectivity index is 2.39. The van der Waals surface area contributed by atoms with Gasteiger partial charge in [-0.05, 0) is 23.8 Å². The van der Waals surface area contributed by atoms with Gasteiger partial charge in [0.2, 0.25) is 0 Å². The van der Waals surface area contributed by atoms with Crippen LogP contribution in [0.2, 0.25) is 0 Å². The van der Waals surface area contributed by atoms with E-state index in [2.05, 4.69) is 4.98 Å². The molecule has 0 unspecified atom stereocenters. The van der Waals surface area contributed by atoms with Crippen LogP contribution in [0, 0.1) is 11.3 Å². The van der Waals surface area contributed by atoms with Gasteiger partial charge in [0.15, 0.2) is 17.3 Å². The smallest absolute Gasteiger partial charge is 0.406 e. The number of methoxy groups -OCH3 is 1. The molecule has 0 atom stereocenters. The minimum Gasteiger partial charge on any atom is -0.504 e. The maximum Gasteiger partial charge on any atom is 0.406 e. The van der Waals surface area contributed by atoms with Crippen molar-refractivity contribution in [2.24, 2.45) is 0 Å². The van der Waals surface area contributed by atoms with E-state index in [-0.39, 0.29) is 22.9 Å². The lowest BCUT2D eigenvalue weighted by atomic mass is 10.1. The molecule has 1 aromatic heterocycles. The molecule has 1 heterocycles. The first-order valence-electron chi connectivity index (χ1n) is 6.41. The standard InChI is InChI=1S/C15H12F3N3O2/c1-23-13-3-2-10(7-12(13)22)6-11(8-19)14-20-4-5-21(14)9-15(16,17)18/h2-7,22H,9H2,1H3. The Kier molecular flexibility index (Phi) is 4.60. The van der Waals surface area contributed by atoms with E-state index in [1.54, 1.807) is 6.07 Å². The molecule has 8 heteroatoms. The number of aromatic nitrogens is 2. The fraction of sp³-hybridized carbons (Fsp3) is 0.200. The number of halogens is 3. The number of ether oxygens (including phenoxy) is 1. The molecular formula is C15H12F3N3O2.